The molecular formula is C13H20ClN5O. The van der Waals surface area contributed by atoms with Crippen LogP contribution in [-0.2, 0) is 11.3 Å². The first-order valence-electron chi connectivity index (χ1n) is 6.73. The highest BCUT2D eigenvalue weighted by molar-refractivity contribution is 5.85. The van der Waals surface area contributed by atoms with E-state index < -0.39 is 0 Å². The highest BCUT2D eigenvalue weighted by Crippen LogP contribution is 2.20. The van der Waals surface area contributed by atoms with Gasteiger partial charge in [0, 0.05) is 37.4 Å². The number of piperidine rings is 1. The second-order valence-corrected chi connectivity index (χ2v) is 5.11. The quantitative estimate of drug-likeness (QED) is 0.609. The fourth-order valence-electron chi connectivity index (χ4n) is 2.78. The molecule has 1 aromatic rings. The summed E-state index contributed by atoms with van der Waals surface area (Å²) in [5.41, 5.74) is 7.36. The van der Waals surface area contributed by atoms with Crippen molar-refractivity contribution in [1.82, 2.24) is 26.5 Å². The van der Waals surface area contributed by atoms with E-state index in [0.29, 0.717) is 18.5 Å². The second kappa shape index (κ2) is 6.99. The molecule has 1 aromatic heterocycles. The number of hydrogen-bond donors (Lipinski definition) is 4. The number of carbonyl (C=O) groups is 1. The van der Waals surface area contributed by atoms with Gasteiger partial charge in [-0.3, -0.25) is 15.2 Å². The third kappa shape index (κ3) is 3.27. The standard InChI is InChI=1S/C13H19N5O.ClH/c19-13(16-7-9-2-1-4-14-6-9)12-10-8-15-5-3-11(10)17-18-12;/h1-2,4,6,10-12,15,17-18H,3,5,7-8H2,(H,16,19);1H. The van der Waals surface area contributed by atoms with Crippen LogP contribution in [0, 0.1) is 5.92 Å². The Labute approximate surface area is 124 Å². The number of hydrogen-bond acceptors (Lipinski definition) is 5. The summed E-state index contributed by atoms with van der Waals surface area (Å²) in [6, 6.07) is 4.07. The average Bonchev–Trinajstić information content (AvgIpc) is 2.90. The summed E-state index contributed by atoms with van der Waals surface area (Å²) in [6.45, 7) is 2.42. The summed E-state index contributed by atoms with van der Waals surface area (Å²) < 4.78 is 0. The van der Waals surface area contributed by atoms with E-state index in [1.54, 1.807) is 12.4 Å². The van der Waals surface area contributed by atoms with E-state index in [4.69, 9.17) is 0 Å². The summed E-state index contributed by atoms with van der Waals surface area (Å²) in [5, 5.41) is 6.31. The van der Waals surface area contributed by atoms with Gasteiger partial charge in [-0.2, -0.15) is 0 Å². The fraction of sp³-hybridized carbons (Fsp3) is 0.538. The van der Waals surface area contributed by atoms with Crippen molar-refractivity contribution in [3.05, 3.63) is 30.1 Å². The molecule has 20 heavy (non-hydrogen) atoms. The van der Waals surface area contributed by atoms with Gasteiger partial charge in [0.15, 0.2) is 0 Å². The van der Waals surface area contributed by atoms with Crippen molar-refractivity contribution in [2.24, 2.45) is 5.92 Å². The summed E-state index contributed by atoms with van der Waals surface area (Å²) >= 11 is 0. The molecule has 0 saturated carbocycles. The van der Waals surface area contributed by atoms with E-state index in [-0.39, 0.29) is 24.4 Å². The summed E-state index contributed by atoms with van der Waals surface area (Å²) in [7, 11) is 0. The molecular weight excluding hydrogens is 278 g/mol. The first-order chi connectivity index (χ1) is 9.34. The molecule has 0 radical (unpaired) electrons. The Hall–Kier alpha value is -1.21. The Morgan fingerprint density at radius 3 is 3.15 bits per heavy atom. The van der Waals surface area contributed by atoms with Crippen molar-refractivity contribution in [3.63, 3.8) is 0 Å². The maximum absolute atomic E-state index is 12.2. The molecule has 3 atom stereocenters. The van der Waals surface area contributed by atoms with E-state index in [1.165, 1.54) is 0 Å². The third-order valence-corrected chi connectivity index (χ3v) is 3.85. The number of pyridine rings is 1. The molecule has 2 aliphatic heterocycles. The van der Waals surface area contributed by atoms with Gasteiger partial charge >= 0.3 is 0 Å². The lowest BCUT2D eigenvalue weighted by Gasteiger charge is -2.27. The zero-order valence-corrected chi connectivity index (χ0v) is 12.0. The van der Waals surface area contributed by atoms with Crippen molar-refractivity contribution in [2.75, 3.05) is 13.1 Å². The predicted octanol–water partition coefficient (Wildman–Crippen LogP) is -0.426. The Morgan fingerprint density at radius 2 is 2.35 bits per heavy atom. The van der Waals surface area contributed by atoms with Gasteiger partial charge in [0.25, 0.3) is 0 Å². The zero-order valence-electron chi connectivity index (χ0n) is 11.1. The van der Waals surface area contributed by atoms with E-state index in [1.807, 2.05) is 12.1 Å². The molecule has 7 heteroatoms. The molecule has 110 valence electrons. The van der Waals surface area contributed by atoms with Gasteiger partial charge in [-0.05, 0) is 24.6 Å². The third-order valence-electron chi connectivity index (χ3n) is 3.85. The van der Waals surface area contributed by atoms with Crippen molar-refractivity contribution in [3.8, 4) is 0 Å². The largest absolute Gasteiger partial charge is 0.351 e. The van der Waals surface area contributed by atoms with Crippen LogP contribution in [0.4, 0.5) is 0 Å². The van der Waals surface area contributed by atoms with Gasteiger partial charge in [0.2, 0.25) is 5.91 Å². The van der Waals surface area contributed by atoms with E-state index in [0.717, 1.165) is 25.1 Å². The topological polar surface area (TPSA) is 78.1 Å². The second-order valence-electron chi connectivity index (χ2n) is 5.11. The highest BCUT2D eigenvalue weighted by atomic mass is 35.5. The molecule has 2 aliphatic rings. The smallest absolute Gasteiger partial charge is 0.239 e. The molecule has 3 rings (SSSR count). The predicted molar refractivity (Wildman–Crippen MR) is 78.2 cm³/mol. The van der Waals surface area contributed by atoms with Crippen LogP contribution in [0.25, 0.3) is 0 Å². The van der Waals surface area contributed by atoms with Gasteiger partial charge in [-0.25, -0.2) is 5.43 Å². The molecule has 3 heterocycles. The number of rotatable bonds is 3. The maximum Gasteiger partial charge on any atom is 0.239 e. The number of halogens is 1. The zero-order chi connectivity index (χ0) is 13.1. The van der Waals surface area contributed by atoms with Crippen LogP contribution in [0.15, 0.2) is 24.5 Å². The Bertz CT molecular complexity index is 444. The van der Waals surface area contributed by atoms with Crippen LogP contribution in [0.5, 0.6) is 0 Å². The van der Waals surface area contributed by atoms with Crippen molar-refractivity contribution >= 4 is 18.3 Å². The van der Waals surface area contributed by atoms with Crippen LogP contribution in [0.2, 0.25) is 0 Å². The first-order valence-corrected chi connectivity index (χ1v) is 6.73. The minimum atomic E-state index is -0.158. The SMILES string of the molecule is Cl.O=C(NCc1cccnc1)C1NNC2CCNCC21. The van der Waals surface area contributed by atoms with Crippen molar-refractivity contribution in [2.45, 2.75) is 25.0 Å². The van der Waals surface area contributed by atoms with Crippen LogP contribution in [-0.4, -0.2) is 36.1 Å². The molecule has 0 bridgehead atoms. The Kier molecular flexibility index (Phi) is 5.31. The van der Waals surface area contributed by atoms with Crippen LogP contribution in [0.1, 0.15) is 12.0 Å². The number of carbonyl (C=O) groups excluding carboxylic acids is 1. The summed E-state index contributed by atoms with van der Waals surface area (Å²) in [5.74, 6) is 0.371. The molecule has 6 nitrogen and oxygen atoms in total. The molecule has 4 N–H and O–H groups in total. The molecule has 2 saturated heterocycles. The van der Waals surface area contributed by atoms with Gasteiger partial charge in [0.1, 0.15) is 6.04 Å². The number of nitrogens with one attached hydrogen (secondary N) is 4. The van der Waals surface area contributed by atoms with Crippen LogP contribution < -0.4 is 21.5 Å². The molecule has 1 amide bonds. The van der Waals surface area contributed by atoms with Gasteiger partial charge in [-0.1, -0.05) is 6.07 Å². The Balaban J connectivity index is 0.00000147. The van der Waals surface area contributed by atoms with Crippen LogP contribution in [0.3, 0.4) is 0 Å². The minimum Gasteiger partial charge on any atom is -0.351 e. The summed E-state index contributed by atoms with van der Waals surface area (Å²) in [4.78, 5) is 16.2. The normalized spacial score (nSPS) is 28.3. The number of hydrazine groups is 1. The van der Waals surface area contributed by atoms with Gasteiger partial charge in [-0.15, -0.1) is 12.4 Å². The van der Waals surface area contributed by atoms with Gasteiger partial charge in [0.05, 0.1) is 0 Å². The molecule has 0 spiro atoms. The summed E-state index contributed by atoms with van der Waals surface area (Å²) in [6.07, 6.45) is 4.56. The molecule has 2 fully saturated rings. The highest BCUT2D eigenvalue weighted by Gasteiger charge is 2.40. The van der Waals surface area contributed by atoms with E-state index in [9.17, 15) is 4.79 Å². The average molecular weight is 298 g/mol. The van der Waals surface area contributed by atoms with Crippen LogP contribution >= 0.6 is 12.4 Å². The molecule has 0 aliphatic carbocycles. The molecule has 3 unspecified atom stereocenters. The first kappa shape index (κ1) is 15.2. The molecule has 0 aromatic carbocycles. The van der Waals surface area contributed by atoms with E-state index >= 15 is 0 Å². The van der Waals surface area contributed by atoms with Crippen molar-refractivity contribution in [1.29, 1.82) is 0 Å². The number of nitrogens with zero attached hydrogens (tertiary/aromatic N) is 1. The fourth-order valence-corrected chi connectivity index (χ4v) is 2.78. The number of aromatic nitrogens is 1. The van der Waals surface area contributed by atoms with E-state index in [2.05, 4.69) is 26.5 Å². The van der Waals surface area contributed by atoms with Gasteiger partial charge < -0.3 is 10.6 Å². The lowest BCUT2D eigenvalue weighted by atomic mass is 9.89. The minimum absolute atomic E-state index is 0. The number of amides is 1. The Morgan fingerprint density at radius 1 is 1.45 bits per heavy atom. The monoisotopic (exact) mass is 297 g/mol. The lowest BCUT2D eigenvalue weighted by molar-refractivity contribution is -0.124. The lowest BCUT2D eigenvalue weighted by Crippen LogP contribution is -2.49. The number of fused-ring (bicyclic) bond motifs is 1. The van der Waals surface area contributed by atoms with Crippen molar-refractivity contribution < 1.29 is 4.79 Å². The maximum atomic E-state index is 12.2.